The number of piperidine rings is 1. The molecule has 2 saturated heterocycles. The fraction of sp³-hybridized carbons (Fsp3) is 0.600. The Morgan fingerprint density at radius 3 is 2.54 bits per heavy atom. The SMILES string of the molecule is COc1ccccc1C(=O)N1CCC2(CC1)SCCN2C(=O)CC(C)C. The predicted molar refractivity (Wildman–Crippen MR) is 104 cm³/mol. The molecular formula is C20H28N2O3S. The van der Waals surface area contributed by atoms with Crippen LogP contribution in [0.25, 0.3) is 0 Å². The van der Waals surface area contributed by atoms with Gasteiger partial charge in [0.25, 0.3) is 5.91 Å². The van der Waals surface area contributed by atoms with Crippen molar-refractivity contribution >= 4 is 23.6 Å². The van der Waals surface area contributed by atoms with Gasteiger partial charge in [0.1, 0.15) is 5.75 Å². The number of thioether (sulfide) groups is 1. The zero-order valence-electron chi connectivity index (χ0n) is 15.9. The van der Waals surface area contributed by atoms with E-state index < -0.39 is 0 Å². The van der Waals surface area contributed by atoms with Crippen molar-refractivity contribution in [1.29, 1.82) is 0 Å². The average Bonchev–Trinajstić information content (AvgIpc) is 3.04. The largest absolute Gasteiger partial charge is 0.496 e. The summed E-state index contributed by atoms with van der Waals surface area (Å²) in [6.07, 6.45) is 2.27. The first-order valence-corrected chi connectivity index (χ1v) is 10.3. The third kappa shape index (κ3) is 3.70. The van der Waals surface area contributed by atoms with E-state index in [0.717, 1.165) is 25.1 Å². The topological polar surface area (TPSA) is 49.9 Å². The first-order chi connectivity index (χ1) is 12.5. The van der Waals surface area contributed by atoms with E-state index in [1.807, 2.05) is 40.9 Å². The Bertz CT molecular complexity index is 669. The van der Waals surface area contributed by atoms with Crippen LogP contribution in [0.3, 0.4) is 0 Å². The molecule has 1 aromatic carbocycles. The van der Waals surface area contributed by atoms with Crippen molar-refractivity contribution in [2.75, 3.05) is 32.5 Å². The normalized spacial score (nSPS) is 19.2. The molecule has 0 bridgehead atoms. The first-order valence-electron chi connectivity index (χ1n) is 9.33. The van der Waals surface area contributed by atoms with Crippen LogP contribution in [0.1, 0.15) is 43.5 Å². The third-order valence-corrected chi connectivity index (χ3v) is 6.78. The number of benzene rings is 1. The average molecular weight is 377 g/mol. The van der Waals surface area contributed by atoms with Crippen LogP contribution in [0.4, 0.5) is 0 Å². The van der Waals surface area contributed by atoms with E-state index in [1.165, 1.54) is 0 Å². The van der Waals surface area contributed by atoms with Gasteiger partial charge in [0.2, 0.25) is 5.91 Å². The summed E-state index contributed by atoms with van der Waals surface area (Å²) < 4.78 is 5.33. The summed E-state index contributed by atoms with van der Waals surface area (Å²) >= 11 is 1.89. The van der Waals surface area contributed by atoms with Crippen LogP contribution in [0.5, 0.6) is 5.75 Å². The lowest BCUT2D eigenvalue weighted by atomic mass is 9.99. The third-order valence-electron chi connectivity index (χ3n) is 5.23. The Balaban J connectivity index is 1.68. The maximum Gasteiger partial charge on any atom is 0.257 e. The number of ether oxygens (including phenoxy) is 1. The minimum Gasteiger partial charge on any atom is -0.496 e. The van der Waals surface area contributed by atoms with E-state index in [1.54, 1.807) is 7.11 Å². The van der Waals surface area contributed by atoms with Crippen molar-refractivity contribution in [2.45, 2.75) is 38.0 Å². The van der Waals surface area contributed by atoms with E-state index >= 15 is 0 Å². The van der Waals surface area contributed by atoms with Crippen LogP contribution in [0.2, 0.25) is 0 Å². The fourth-order valence-corrected chi connectivity index (χ4v) is 5.36. The summed E-state index contributed by atoms with van der Waals surface area (Å²) in [5.41, 5.74) is 0.609. The minimum absolute atomic E-state index is 0.0142. The molecule has 0 atom stereocenters. The number of rotatable bonds is 4. The number of para-hydroxylation sites is 1. The molecule has 0 unspecified atom stereocenters. The molecule has 0 aromatic heterocycles. The molecule has 3 rings (SSSR count). The summed E-state index contributed by atoms with van der Waals surface area (Å²) in [6, 6.07) is 7.36. The molecule has 5 nitrogen and oxygen atoms in total. The van der Waals surface area contributed by atoms with Crippen LogP contribution < -0.4 is 4.74 Å². The maximum atomic E-state index is 12.9. The van der Waals surface area contributed by atoms with Crippen molar-refractivity contribution in [2.24, 2.45) is 5.92 Å². The smallest absolute Gasteiger partial charge is 0.257 e. The molecule has 0 radical (unpaired) electrons. The molecule has 1 aromatic rings. The lowest BCUT2D eigenvalue weighted by molar-refractivity contribution is -0.135. The van der Waals surface area contributed by atoms with Crippen molar-refractivity contribution in [3.63, 3.8) is 0 Å². The van der Waals surface area contributed by atoms with Gasteiger partial charge in [0.15, 0.2) is 0 Å². The van der Waals surface area contributed by atoms with Crippen molar-refractivity contribution < 1.29 is 14.3 Å². The van der Waals surface area contributed by atoms with Crippen molar-refractivity contribution in [3.8, 4) is 5.75 Å². The molecule has 2 aliphatic heterocycles. The molecule has 2 aliphatic rings. The van der Waals surface area contributed by atoms with Gasteiger partial charge in [-0.05, 0) is 30.9 Å². The van der Waals surface area contributed by atoms with Gasteiger partial charge in [-0.1, -0.05) is 26.0 Å². The number of carbonyl (C=O) groups excluding carboxylic acids is 2. The number of carbonyl (C=O) groups is 2. The van der Waals surface area contributed by atoms with Gasteiger partial charge < -0.3 is 14.5 Å². The van der Waals surface area contributed by atoms with E-state index in [-0.39, 0.29) is 16.7 Å². The molecule has 6 heteroatoms. The summed E-state index contributed by atoms with van der Waals surface area (Å²) in [6.45, 7) is 6.35. The van der Waals surface area contributed by atoms with Crippen LogP contribution >= 0.6 is 11.8 Å². The maximum absolute atomic E-state index is 12.9. The second-order valence-corrected chi connectivity index (χ2v) is 8.89. The molecule has 2 amide bonds. The summed E-state index contributed by atoms with van der Waals surface area (Å²) in [7, 11) is 1.59. The van der Waals surface area contributed by atoms with Crippen LogP contribution in [0.15, 0.2) is 24.3 Å². The van der Waals surface area contributed by atoms with E-state index in [0.29, 0.717) is 36.7 Å². The number of likely N-dealkylation sites (tertiary alicyclic amines) is 1. The molecule has 0 aliphatic carbocycles. The Morgan fingerprint density at radius 1 is 1.19 bits per heavy atom. The summed E-state index contributed by atoms with van der Waals surface area (Å²) in [5.74, 6) is 2.25. The van der Waals surface area contributed by atoms with Gasteiger partial charge in [0, 0.05) is 31.8 Å². The van der Waals surface area contributed by atoms with Crippen LogP contribution in [-0.2, 0) is 4.79 Å². The monoisotopic (exact) mass is 376 g/mol. The lowest BCUT2D eigenvalue weighted by Crippen LogP contribution is -2.53. The highest BCUT2D eigenvalue weighted by molar-refractivity contribution is 8.00. The number of nitrogens with zero attached hydrogens (tertiary/aromatic N) is 2. The van der Waals surface area contributed by atoms with Crippen LogP contribution in [0, 0.1) is 5.92 Å². The van der Waals surface area contributed by atoms with Gasteiger partial charge in [-0.15, -0.1) is 11.8 Å². The molecule has 2 heterocycles. The number of amides is 2. The minimum atomic E-state index is -0.122. The van der Waals surface area contributed by atoms with E-state index in [9.17, 15) is 9.59 Å². The molecule has 2 fully saturated rings. The van der Waals surface area contributed by atoms with Gasteiger partial charge in [0.05, 0.1) is 17.5 Å². The molecule has 142 valence electrons. The molecule has 26 heavy (non-hydrogen) atoms. The Labute approximate surface area is 160 Å². The second-order valence-electron chi connectivity index (χ2n) is 7.43. The zero-order chi connectivity index (χ0) is 18.7. The highest BCUT2D eigenvalue weighted by atomic mass is 32.2. The highest BCUT2D eigenvalue weighted by Gasteiger charge is 2.46. The molecule has 0 saturated carbocycles. The van der Waals surface area contributed by atoms with Crippen molar-refractivity contribution in [1.82, 2.24) is 9.80 Å². The summed E-state index contributed by atoms with van der Waals surface area (Å²) in [5, 5.41) is 0. The van der Waals surface area contributed by atoms with Crippen molar-refractivity contribution in [3.05, 3.63) is 29.8 Å². The number of hydrogen-bond acceptors (Lipinski definition) is 4. The van der Waals surface area contributed by atoms with Gasteiger partial charge >= 0.3 is 0 Å². The van der Waals surface area contributed by atoms with E-state index in [4.69, 9.17) is 4.74 Å². The first kappa shape index (κ1) is 19.1. The fourth-order valence-electron chi connectivity index (χ4n) is 3.89. The Kier molecular flexibility index (Phi) is 5.80. The predicted octanol–water partition coefficient (Wildman–Crippen LogP) is 3.25. The molecule has 1 spiro atoms. The lowest BCUT2D eigenvalue weighted by Gasteiger charge is -2.44. The molecule has 0 N–H and O–H groups in total. The Morgan fingerprint density at radius 2 is 1.88 bits per heavy atom. The number of methoxy groups -OCH3 is 1. The highest BCUT2D eigenvalue weighted by Crippen LogP contribution is 2.44. The number of hydrogen-bond donors (Lipinski definition) is 0. The molecular weight excluding hydrogens is 348 g/mol. The van der Waals surface area contributed by atoms with Gasteiger partial charge in [-0.2, -0.15) is 0 Å². The van der Waals surface area contributed by atoms with Gasteiger partial charge in [-0.3, -0.25) is 9.59 Å². The zero-order valence-corrected chi connectivity index (χ0v) is 16.7. The van der Waals surface area contributed by atoms with Gasteiger partial charge in [-0.25, -0.2) is 0 Å². The second kappa shape index (κ2) is 7.91. The summed E-state index contributed by atoms with van der Waals surface area (Å²) in [4.78, 5) is 29.4. The Hall–Kier alpha value is -1.69. The van der Waals surface area contributed by atoms with Crippen LogP contribution in [-0.4, -0.2) is 59.0 Å². The van der Waals surface area contributed by atoms with E-state index in [2.05, 4.69) is 18.7 Å². The quantitative estimate of drug-likeness (QED) is 0.809. The standard InChI is InChI=1S/C20H28N2O3S/c1-15(2)14-18(23)22-12-13-26-20(22)8-10-21(11-9-20)19(24)16-6-4-5-7-17(16)25-3/h4-7,15H,8-14H2,1-3H3.